The van der Waals surface area contributed by atoms with E-state index < -0.39 is 30.0 Å². The van der Waals surface area contributed by atoms with Gasteiger partial charge in [-0.2, -0.15) is 18.3 Å². The van der Waals surface area contributed by atoms with E-state index in [-0.39, 0.29) is 29.5 Å². The Morgan fingerprint density at radius 3 is 2.41 bits per heavy atom. The van der Waals surface area contributed by atoms with Gasteiger partial charge in [0.2, 0.25) is 0 Å². The minimum atomic E-state index is -4.61. The van der Waals surface area contributed by atoms with Gasteiger partial charge in [0, 0.05) is 18.0 Å². The highest BCUT2D eigenvalue weighted by Gasteiger charge is 2.47. The molecule has 0 unspecified atom stereocenters. The van der Waals surface area contributed by atoms with E-state index in [0.29, 0.717) is 20.8 Å². The molecule has 0 fully saturated rings. The lowest BCUT2D eigenvalue weighted by Gasteiger charge is -2.33. The van der Waals surface area contributed by atoms with Crippen LogP contribution in [-0.2, 0) is 6.54 Å². The summed E-state index contributed by atoms with van der Waals surface area (Å²) in [5.41, 5.74) is 0.866. The topological polar surface area (TPSA) is 59.0 Å². The van der Waals surface area contributed by atoms with Crippen LogP contribution in [0.5, 0.6) is 0 Å². The molecule has 2 atom stereocenters. The molecule has 2 aromatic carbocycles. The fourth-order valence-corrected chi connectivity index (χ4v) is 3.91. The summed E-state index contributed by atoms with van der Waals surface area (Å²) in [7, 11) is 0. The van der Waals surface area contributed by atoms with Crippen LogP contribution in [-0.4, -0.2) is 21.9 Å². The number of rotatable bonds is 4. The highest BCUT2D eigenvalue weighted by molar-refractivity contribution is 6.36. The van der Waals surface area contributed by atoms with Gasteiger partial charge < -0.3 is 10.6 Å². The number of amides is 1. The SMILES string of the molecule is O=C(NCc1ccc(F)cc1)c1nn2c(c1Cl)N[C@H](c1ccc(Cl)cc1)C[C@H]2C(F)(F)F. The lowest BCUT2D eigenvalue weighted by molar-refractivity contribution is -0.173. The fourth-order valence-electron chi connectivity index (χ4n) is 3.52. The van der Waals surface area contributed by atoms with Gasteiger partial charge in [-0.1, -0.05) is 47.5 Å². The molecule has 0 bridgehead atoms. The molecule has 0 radical (unpaired) electrons. The third kappa shape index (κ3) is 4.54. The van der Waals surface area contributed by atoms with Crippen LogP contribution in [0.1, 0.15) is 40.1 Å². The molecule has 0 aliphatic carbocycles. The predicted molar refractivity (Wildman–Crippen MR) is 112 cm³/mol. The van der Waals surface area contributed by atoms with E-state index >= 15 is 0 Å². The standard InChI is InChI=1S/C21H16Cl2F4N4O/c22-13-5-3-12(4-6-13)15-9-16(21(25,26)27)31-19(29-15)17(23)18(30-31)20(32)28-10-11-1-7-14(24)8-2-11/h1-8,15-16,29H,9-10H2,(H,28,32)/t15-,16-/m0/s1. The Kier molecular flexibility index (Phi) is 6.05. The monoisotopic (exact) mass is 486 g/mol. The van der Waals surface area contributed by atoms with E-state index in [1.807, 2.05) is 0 Å². The van der Waals surface area contributed by atoms with E-state index in [2.05, 4.69) is 15.7 Å². The molecule has 1 aliphatic heterocycles. The third-order valence-electron chi connectivity index (χ3n) is 5.15. The number of carbonyl (C=O) groups is 1. The van der Waals surface area contributed by atoms with Gasteiger partial charge in [-0.25, -0.2) is 9.07 Å². The third-order valence-corrected chi connectivity index (χ3v) is 5.76. The number of aromatic nitrogens is 2. The van der Waals surface area contributed by atoms with Crippen LogP contribution in [0.25, 0.3) is 0 Å². The number of halogens is 6. The fraction of sp³-hybridized carbons (Fsp3) is 0.238. The molecule has 5 nitrogen and oxygen atoms in total. The van der Waals surface area contributed by atoms with Crippen molar-refractivity contribution in [1.82, 2.24) is 15.1 Å². The van der Waals surface area contributed by atoms with E-state index in [1.165, 1.54) is 24.3 Å². The van der Waals surface area contributed by atoms with Crippen LogP contribution < -0.4 is 10.6 Å². The first-order valence-electron chi connectivity index (χ1n) is 9.53. The van der Waals surface area contributed by atoms with Gasteiger partial charge in [-0.3, -0.25) is 4.79 Å². The Morgan fingerprint density at radius 1 is 1.12 bits per heavy atom. The Bertz CT molecular complexity index is 1130. The second kappa shape index (κ2) is 8.63. The van der Waals surface area contributed by atoms with Crippen LogP contribution in [0.15, 0.2) is 48.5 Å². The van der Waals surface area contributed by atoms with Gasteiger partial charge in [0.1, 0.15) is 16.7 Å². The first-order valence-corrected chi connectivity index (χ1v) is 10.3. The summed E-state index contributed by atoms with van der Waals surface area (Å²) in [6.07, 6.45) is -4.95. The average Bonchev–Trinajstić information content (AvgIpc) is 3.09. The van der Waals surface area contributed by atoms with Crippen molar-refractivity contribution in [3.8, 4) is 0 Å². The summed E-state index contributed by atoms with van der Waals surface area (Å²) in [6, 6.07) is 9.17. The molecule has 32 heavy (non-hydrogen) atoms. The summed E-state index contributed by atoms with van der Waals surface area (Å²) >= 11 is 12.2. The van der Waals surface area contributed by atoms with Crippen LogP contribution in [0, 0.1) is 5.82 Å². The van der Waals surface area contributed by atoms with Crippen LogP contribution in [0.2, 0.25) is 10.0 Å². The molecular weight excluding hydrogens is 471 g/mol. The van der Waals surface area contributed by atoms with E-state index in [4.69, 9.17) is 23.2 Å². The predicted octanol–water partition coefficient (Wildman–Crippen LogP) is 5.92. The number of fused-ring (bicyclic) bond motifs is 1. The van der Waals surface area contributed by atoms with Crippen molar-refractivity contribution in [2.75, 3.05) is 5.32 Å². The minimum Gasteiger partial charge on any atom is -0.362 e. The summed E-state index contributed by atoms with van der Waals surface area (Å²) in [5.74, 6) is -1.26. The molecule has 11 heteroatoms. The molecule has 2 N–H and O–H groups in total. The number of benzene rings is 2. The zero-order chi connectivity index (χ0) is 23.0. The van der Waals surface area contributed by atoms with Gasteiger partial charge in [0.15, 0.2) is 11.7 Å². The molecule has 0 saturated carbocycles. The molecule has 1 aromatic heterocycles. The molecule has 0 saturated heterocycles. The maximum absolute atomic E-state index is 13.8. The number of hydrogen-bond acceptors (Lipinski definition) is 3. The van der Waals surface area contributed by atoms with Crippen molar-refractivity contribution < 1.29 is 22.4 Å². The maximum Gasteiger partial charge on any atom is 0.410 e. The highest BCUT2D eigenvalue weighted by atomic mass is 35.5. The normalized spacial score (nSPS) is 18.1. The van der Waals surface area contributed by atoms with Crippen molar-refractivity contribution in [3.05, 3.63) is 81.2 Å². The molecular formula is C21H16Cl2F4N4O. The second-order valence-electron chi connectivity index (χ2n) is 7.31. The Hall–Kier alpha value is -2.78. The molecule has 2 heterocycles. The molecule has 168 valence electrons. The van der Waals surface area contributed by atoms with Crippen LogP contribution >= 0.6 is 23.2 Å². The smallest absolute Gasteiger partial charge is 0.362 e. The summed E-state index contributed by atoms with van der Waals surface area (Å²) in [4.78, 5) is 12.6. The van der Waals surface area contributed by atoms with Gasteiger partial charge >= 0.3 is 6.18 Å². The van der Waals surface area contributed by atoms with Crippen molar-refractivity contribution in [3.63, 3.8) is 0 Å². The highest BCUT2D eigenvalue weighted by Crippen LogP contribution is 2.46. The first-order chi connectivity index (χ1) is 15.1. The second-order valence-corrected chi connectivity index (χ2v) is 8.12. The Morgan fingerprint density at radius 2 is 1.78 bits per heavy atom. The van der Waals surface area contributed by atoms with Gasteiger partial charge in [-0.05, 0) is 35.4 Å². The average molecular weight is 487 g/mol. The van der Waals surface area contributed by atoms with Crippen molar-refractivity contribution in [2.45, 2.75) is 31.2 Å². The van der Waals surface area contributed by atoms with Gasteiger partial charge in [0.25, 0.3) is 5.91 Å². The van der Waals surface area contributed by atoms with Gasteiger partial charge in [0.05, 0.1) is 6.04 Å². The minimum absolute atomic E-state index is 0.0289. The lowest BCUT2D eigenvalue weighted by Crippen LogP contribution is -2.35. The largest absolute Gasteiger partial charge is 0.410 e. The van der Waals surface area contributed by atoms with Crippen molar-refractivity contribution >= 4 is 34.9 Å². The van der Waals surface area contributed by atoms with E-state index in [0.717, 1.165) is 0 Å². The number of alkyl halides is 3. The molecule has 3 aromatic rings. The molecule has 0 spiro atoms. The summed E-state index contributed by atoms with van der Waals surface area (Å²) in [6.45, 7) is 0.0289. The van der Waals surface area contributed by atoms with Crippen LogP contribution in [0.3, 0.4) is 0 Å². The zero-order valence-corrected chi connectivity index (χ0v) is 17.8. The number of carbonyl (C=O) groups excluding carboxylic acids is 1. The Balaban J connectivity index is 1.62. The quantitative estimate of drug-likeness (QED) is 0.450. The van der Waals surface area contributed by atoms with Crippen LogP contribution in [0.4, 0.5) is 23.4 Å². The number of nitrogens with zero attached hydrogens (tertiary/aromatic N) is 2. The maximum atomic E-state index is 13.8. The first kappa shape index (κ1) is 22.4. The van der Waals surface area contributed by atoms with Gasteiger partial charge in [-0.15, -0.1) is 0 Å². The molecule has 1 amide bonds. The van der Waals surface area contributed by atoms with Crippen molar-refractivity contribution in [1.29, 1.82) is 0 Å². The number of anilines is 1. The summed E-state index contributed by atoms with van der Waals surface area (Å²) < 4.78 is 55.2. The summed E-state index contributed by atoms with van der Waals surface area (Å²) in [5, 5.41) is 9.63. The van der Waals surface area contributed by atoms with E-state index in [1.54, 1.807) is 24.3 Å². The lowest BCUT2D eigenvalue weighted by atomic mass is 9.97. The number of nitrogens with one attached hydrogen (secondary N) is 2. The van der Waals surface area contributed by atoms with E-state index in [9.17, 15) is 22.4 Å². The molecule has 1 aliphatic rings. The Labute approximate surface area is 190 Å². The van der Waals surface area contributed by atoms with Crippen molar-refractivity contribution in [2.24, 2.45) is 0 Å². The molecule has 4 rings (SSSR count). The zero-order valence-electron chi connectivity index (χ0n) is 16.3. The number of hydrogen-bond donors (Lipinski definition) is 2.